The van der Waals surface area contributed by atoms with E-state index in [2.05, 4.69) is 0 Å². The third-order valence-corrected chi connectivity index (χ3v) is 7.60. The Labute approximate surface area is 141 Å². The molecule has 0 aromatic carbocycles. The van der Waals surface area contributed by atoms with Gasteiger partial charge in [0.1, 0.15) is 0 Å². The Morgan fingerprint density at radius 2 is 2.13 bits per heavy atom. The number of sulfonamides is 1. The first-order chi connectivity index (χ1) is 10.9. The average Bonchev–Trinajstić information content (AvgIpc) is 3.14. The minimum absolute atomic E-state index is 0.0754. The Morgan fingerprint density at radius 3 is 2.78 bits per heavy atom. The highest BCUT2D eigenvalue weighted by Gasteiger charge is 2.49. The fourth-order valence-electron chi connectivity index (χ4n) is 3.49. The summed E-state index contributed by atoms with van der Waals surface area (Å²) in [6.45, 7) is 3.78. The lowest BCUT2D eigenvalue weighted by atomic mass is 9.93. The molecule has 3 heterocycles. The number of anilines is 1. The topological polar surface area (TPSA) is 60.9 Å². The van der Waals surface area contributed by atoms with E-state index in [0.717, 1.165) is 12.1 Å². The van der Waals surface area contributed by atoms with Gasteiger partial charge in [-0.05, 0) is 31.3 Å². The highest BCUT2D eigenvalue weighted by molar-refractivity contribution is 7.89. The molecular formula is C15H23N3O3S2. The molecule has 0 radical (unpaired) electrons. The molecule has 3 rings (SSSR count). The van der Waals surface area contributed by atoms with Crippen molar-refractivity contribution in [3.05, 3.63) is 16.8 Å². The van der Waals surface area contributed by atoms with Crippen LogP contribution in [0.3, 0.4) is 0 Å². The second kappa shape index (κ2) is 6.16. The molecule has 1 aromatic rings. The van der Waals surface area contributed by atoms with Crippen molar-refractivity contribution in [3.63, 3.8) is 0 Å². The van der Waals surface area contributed by atoms with Crippen LogP contribution in [0.2, 0.25) is 0 Å². The van der Waals surface area contributed by atoms with Gasteiger partial charge in [-0.25, -0.2) is 8.42 Å². The first kappa shape index (κ1) is 16.9. The fourth-order valence-corrected chi connectivity index (χ4v) is 5.71. The molecule has 1 amide bonds. The second-order valence-electron chi connectivity index (χ2n) is 6.44. The molecule has 1 spiro atoms. The van der Waals surface area contributed by atoms with E-state index < -0.39 is 10.0 Å². The Morgan fingerprint density at radius 1 is 1.35 bits per heavy atom. The summed E-state index contributed by atoms with van der Waals surface area (Å²) in [6.07, 6.45) is 1.39. The van der Waals surface area contributed by atoms with Gasteiger partial charge in [0.15, 0.2) is 0 Å². The summed E-state index contributed by atoms with van der Waals surface area (Å²) in [7, 11) is -1.26. The van der Waals surface area contributed by atoms with Crippen molar-refractivity contribution < 1.29 is 13.2 Å². The van der Waals surface area contributed by atoms with Gasteiger partial charge in [-0.15, -0.1) is 0 Å². The van der Waals surface area contributed by atoms with Crippen molar-refractivity contribution in [2.45, 2.75) is 25.3 Å². The Balaban J connectivity index is 1.83. The lowest BCUT2D eigenvalue weighted by Crippen LogP contribution is -2.64. The third kappa shape index (κ3) is 3.05. The summed E-state index contributed by atoms with van der Waals surface area (Å²) in [4.78, 5) is 16.2. The molecule has 6 nitrogen and oxygen atoms in total. The molecule has 0 saturated carbocycles. The fraction of sp³-hybridized carbons (Fsp3) is 0.667. The number of likely N-dealkylation sites (N-methyl/N-ethyl adjacent to an activating group) is 1. The number of carbonyl (C=O) groups is 1. The molecular weight excluding hydrogens is 334 g/mol. The zero-order chi connectivity index (χ0) is 16.7. The van der Waals surface area contributed by atoms with Crippen LogP contribution in [0.25, 0.3) is 0 Å². The maximum absolute atomic E-state index is 12.4. The quantitative estimate of drug-likeness (QED) is 0.813. The molecule has 1 unspecified atom stereocenters. The molecule has 2 fully saturated rings. The lowest BCUT2D eigenvalue weighted by Gasteiger charge is -2.46. The van der Waals surface area contributed by atoms with E-state index in [9.17, 15) is 13.2 Å². The standard InChI is InChI=1S/C15H23N3O3S2/c1-3-8-23(20,21)17-6-5-15(11-17)12-18(13-4-7-22-10-13)14(19)9-16(15)2/h4,7,10H,3,5-6,8-9,11-12H2,1-2H3. The van der Waals surface area contributed by atoms with E-state index in [4.69, 9.17) is 0 Å². The minimum Gasteiger partial charge on any atom is -0.309 e. The highest BCUT2D eigenvalue weighted by Crippen LogP contribution is 2.35. The summed E-state index contributed by atoms with van der Waals surface area (Å²) < 4.78 is 26.3. The number of amides is 1. The smallest absolute Gasteiger partial charge is 0.241 e. The zero-order valence-electron chi connectivity index (χ0n) is 13.6. The van der Waals surface area contributed by atoms with Crippen LogP contribution in [0.4, 0.5) is 5.69 Å². The van der Waals surface area contributed by atoms with E-state index in [1.807, 2.05) is 40.6 Å². The summed E-state index contributed by atoms with van der Waals surface area (Å²) in [5.41, 5.74) is 0.638. The number of rotatable bonds is 4. The number of carbonyl (C=O) groups excluding carboxylic acids is 1. The first-order valence-corrected chi connectivity index (χ1v) is 10.4. The van der Waals surface area contributed by atoms with Crippen LogP contribution < -0.4 is 4.90 Å². The van der Waals surface area contributed by atoms with Crippen molar-refractivity contribution in [1.82, 2.24) is 9.21 Å². The predicted octanol–water partition coefficient (Wildman–Crippen LogP) is 1.21. The van der Waals surface area contributed by atoms with E-state index in [1.165, 1.54) is 0 Å². The minimum atomic E-state index is -3.19. The van der Waals surface area contributed by atoms with Gasteiger partial charge in [0.2, 0.25) is 15.9 Å². The van der Waals surface area contributed by atoms with E-state index in [1.54, 1.807) is 15.6 Å². The molecule has 2 aliphatic heterocycles. The molecule has 8 heteroatoms. The zero-order valence-corrected chi connectivity index (χ0v) is 15.2. The molecule has 2 saturated heterocycles. The van der Waals surface area contributed by atoms with Crippen molar-refractivity contribution in [2.75, 3.05) is 43.9 Å². The largest absolute Gasteiger partial charge is 0.309 e. The Hall–Kier alpha value is -0.960. The molecule has 23 heavy (non-hydrogen) atoms. The second-order valence-corrected chi connectivity index (χ2v) is 9.31. The van der Waals surface area contributed by atoms with Crippen molar-refractivity contribution in [2.24, 2.45) is 0 Å². The van der Waals surface area contributed by atoms with E-state index in [-0.39, 0.29) is 17.2 Å². The van der Waals surface area contributed by atoms with E-state index >= 15 is 0 Å². The third-order valence-electron chi connectivity index (χ3n) is 4.91. The van der Waals surface area contributed by atoms with Crippen LogP contribution in [-0.4, -0.2) is 68.0 Å². The maximum Gasteiger partial charge on any atom is 0.241 e. The van der Waals surface area contributed by atoms with Gasteiger partial charge in [-0.1, -0.05) is 6.92 Å². The molecule has 1 atom stereocenters. The first-order valence-electron chi connectivity index (χ1n) is 7.90. The van der Waals surface area contributed by atoms with Crippen LogP contribution in [0.1, 0.15) is 19.8 Å². The van der Waals surface area contributed by atoms with Gasteiger partial charge in [0, 0.05) is 25.0 Å². The van der Waals surface area contributed by atoms with Crippen LogP contribution >= 0.6 is 11.3 Å². The molecule has 1 aromatic heterocycles. The highest BCUT2D eigenvalue weighted by atomic mass is 32.2. The van der Waals surface area contributed by atoms with Gasteiger partial charge < -0.3 is 4.90 Å². The number of piperazine rings is 1. The van der Waals surface area contributed by atoms with Gasteiger partial charge in [-0.3, -0.25) is 9.69 Å². The van der Waals surface area contributed by atoms with Crippen molar-refractivity contribution >= 4 is 33.0 Å². The molecule has 0 aliphatic carbocycles. The van der Waals surface area contributed by atoms with Crippen LogP contribution in [-0.2, 0) is 14.8 Å². The predicted molar refractivity (Wildman–Crippen MR) is 92.3 cm³/mol. The summed E-state index contributed by atoms with van der Waals surface area (Å²) in [6, 6.07) is 1.95. The number of thiophene rings is 1. The van der Waals surface area contributed by atoms with Gasteiger partial charge in [0.25, 0.3) is 0 Å². The summed E-state index contributed by atoms with van der Waals surface area (Å²) in [5.74, 6) is 0.270. The summed E-state index contributed by atoms with van der Waals surface area (Å²) in [5, 5.41) is 3.93. The van der Waals surface area contributed by atoms with Gasteiger partial charge in [-0.2, -0.15) is 15.6 Å². The maximum atomic E-state index is 12.4. The molecule has 0 bridgehead atoms. The number of nitrogens with zero attached hydrogens (tertiary/aromatic N) is 3. The lowest BCUT2D eigenvalue weighted by molar-refractivity contribution is -0.123. The van der Waals surface area contributed by atoms with Crippen LogP contribution in [0, 0.1) is 0 Å². The van der Waals surface area contributed by atoms with Crippen LogP contribution in [0.5, 0.6) is 0 Å². The normalized spacial score (nSPS) is 27.2. The van der Waals surface area contributed by atoms with Crippen molar-refractivity contribution in [3.8, 4) is 0 Å². The van der Waals surface area contributed by atoms with E-state index in [0.29, 0.717) is 32.6 Å². The molecule has 2 aliphatic rings. The number of hydrogen-bond donors (Lipinski definition) is 0. The molecule has 128 valence electrons. The van der Waals surface area contributed by atoms with Crippen molar-refractivity contribution in [1.29, 1.82) is 0 Å². The Kier molecular flexibility index (Phi) is 4.52. The molecule has 0 N–H and O–H groups in total. The number of hydrogen-bond acceptors (Lipinski definition) is 5. The Bertz CT molecular complexity index is 674. The summed E-state index contributed by atoms with van der Waals surface area (Å²) >= 11 is 1.56. The van der Waals surface area contributed by atoms with Crippen LogP contribution in [0.15, 0.2) is 16.8 Å². The monoisotopic (exact) mass is 357 g/mol. The van der Waals surface area contributed by atoms with Gasteiger partial charge >= 0.3 is 0 Å². The van der Waals surface area contributed by atoms with Gasteiger partial charge in [0.05, 0.1) is 23.5 Å². The SMILES string of the molecule is CCCS(=O)(=O)N1CCC2(CN(c3ccsc3)C(=O)CN2C)C1. The average molecular weight is 358 g/mol.